The Bertz CT molecular complexity index is 874. The molecule has 0 aliphatic carbocycles. The average molecular weight is 395 g/mol. The van der Waals surface area contributed by atoms with Crippen molar-refractivity contribution < 1.29 is 27.5 Å². The highest BCUT2D eigenvalue weighted by Gasteiger charge is 2.35. The highest BCUT2D eigenvalue weighted by Crippen LogP contribution is 2.34. The quantitative estimate of drug-likeness (QED) is 0.711. The van der Waals surface area contributed by atoms with Crippen molar-refractivity contribution in [3.63, 3.8) is 0 Å². The number of carbonyl (C=O) groups is 3. The number of sulfonamides is 1. The Balaban J connectivity index is 1.94. The van der Waals surface area contributed by atoms with Gasteiger partial charge in [-0.3, -0.25) is 19.3 Å². The zero-order chi connectivity index (χ0) is 19.8. The predicted molar refractivity (Wildman–Crippen MR) is 95.4 cm³/mol. The van der Waals surface area contributed by atoms with Gasteiger partial charge in [0.05, 0.1) is 12.8 Å². The van der Waals surface area contributed by atoms with Gasteiger partial charge in [-0.05, 0) is 31.0 Å². The van der Waals surface area contributed by atoms with Gasteiger partial charge >= 0.3 is 0 Å². The SMILES string of the molecule is COc1ccc(N2C(=O)CCC2=O)cc1S(=O)(=O)N1CCC(C(N)=O)CC1. The van der Waals surface area contributed by atoms with Crippen molar-refractivity contribution in [3.05, 3.63) is 18.2 Å². The zero-order valence-electron chi connectivity index (χ0n) is 14.9. The molecule has 2 aliphatic heterocycles. The number of benzene rings is 1. The Morgan fingerprint density at radius 1 is 1.15 bits per heavy atom. The largest absolute Gasteiger partial charge is 0.495 e. The van der Waals surface area contributed by atoms with Crippen LogP contribution in [0.2, 0.25) is 0 Å². The summed E-state index contributed by atoms with van der Waals surface area (Å²) in [5, 5.41) is 0. The van der Waals surface area contributed by atoms with Crippen molar-refractivity contribution in [1.29, 1.82) is 0 Å². The number of methoxy groups -OCH3 is 1. The zero-order valence-corrected chi connectivity index (χ0v) is 15.7. The Morgan fingerprint density at radius 3 is 2.26 bits per heavy atom. The number of anilines is 1. The second-order valence-electron chi connectivity index (χ2n) is 6.54. The molecule has 2 fully saturated rings. The minimum atomic E-state index is -3.93. The molecule has 2 N–H and O–H groups in total. The number of amides is 3. The summed E-state index contributed by atoms with van der Waals surface area (Å²) >= 11 is 0. The molecule has 0 spiro atoms. The van der Waals surface area contributed by atoms with E-state index >= 15 is 0 Å². The van der Waals surface area contributed by atoms with E-state index in [1.807, 2.05) is 0 Å². The molecule has 1 aromatic rings. The summed E-state index contributed by atoms with van der Waals surface area (Å²) in [6.07, 6.45) is 0.903. The van der Waals surface area contributed by atoms with Crippen LogP contribution in [-0.2, 0) is 24.4 Å². The first-order valence-electron chi connectivity index (χ1n) is 8.59. The summed E-state index contributed by atoms with van der Waals surface area (Å²) < 4.78 is 32.7. The van der Waals surface area contributed by atoms with Crippen molar-refractivity contribution in [3.8, 4) is 5.75 Å². The maximum Gasteiger partial charge on any atom is 0.246 e. The molecule has 0 atom stereocenters. The van der Waals surface area contributed by atoms with Crippen molar-refractivity contribution in [2.75, 3.05) is 25.1 Å². The number of rotatable bonds is 5. The first-order valence-corrected chi connectivity index (χ1v) is 10.0. The number of imide groups is 1. The van der Waals surface area contributed by atoms with E-state index in [9.17, 15) is 22.8 Å². The second-order valence-corrected chi connectivity index (χ2v) is 8.45. The molecule has 27 heavy (non-hydrogen) atoms. The minimum Gasteiger partial charge on any atom is -0.495 e. The summed E-state index contributed by atoms with van der Waals surface area (Å²) in [6.45, 7) is 0.315. The smallest absolute Gasteiger partial charge is 0.246 e. The summed E-state index contributed by atoms with van der Waals surface area (Å²) in [6, 6.07) is 4.20. The van der Waals surface area contributed by atoms with Crippen molar-refractivity contribution in [2.24, 2.45) is 11.7 Å². The van der Waals surface area contributed by atoms with E-state index in [0.29, 0.717) is 12.8 Å². The number of primary amides is 1. The molecule has 146 valence electrons. The van der Waals surface area contributed by atoms with Gasteiger partial charge in [0.2, 0.25) is 27.7 Å². The van der Waals surface area contributed by atoms with Crippen LogP contribution in [0.15, 0.2) is 23.1 Å². The maximum atomic E-state index is 13.1. The lowest BCUT2D eigenvalue weighted by Crippen LogP contribution is -2.41. The monoisotopic (exact) mass is 395 g/mol. The summed E-state index contributed by atoms with van der Waals surface area (Å²) in [5.74, 6) is -1.39. The van der Waals surface area contributed by atoms with Gasteiger partial charge in [0.1, 0.15) is 10.6 Å². The second kappa shape index (κ2) is 7.28. The maximum absolute atomic E-state index is 13.1. The molecule has 0 radical (unpaired) electrons. The molecule has 1 aromatic carbocycles. The van der Waals surface area contributed by atoms with Crippen LogP contribution in [0.4, 0.5) is 5.69 Å². The predicted octanol–water partition coefficient (Wildman–Crippen LogP) is 0.235. The van der Waals surface area contributed by atoms with E-state index in [-0.39, 0.29) is 60.0 Å². The van der Waals surface area contributed by atoms with Crippen LogP contribution in [0.25, 0.3) is 0 Å². The fraction of sp³-hybridized carbons (Fsp3) is 0.471. The van der Waals surface area contributed by atoms with Gasteiger partial charge in [-0.1, -0.05) is 0 Å². The van der Waals surface area contributed by atoms with Gasteiger partial charge in [-0.15, -0.1) is 0 Å². The molecule has 9 nitrogen and oxygen atoms in total. The minimum absolute atomic E-state index is 0.105. The molecular formula is C17H21N3O6S. The highest BCUT2D eigenvalue weighted by molar-refractivity contribution is 7.89. The number of carbonyl (C=O) groups excluding carboxylic acids is 3. The topological polar surface area (TPSA) is 127 Å². The summed E-state index contributed by atoms with van der Waals surface area (Å²) in [4.78, 5) is 36.1. The van der Waals surface area contributed by atoms with Crippen LogP contribution in [-0.4, -0.2) is 50.6 Å². The van der Waals surface area contributed by atoms with Crippen LogP contribution in [0.5, 0.6) is 5.75 Å². The molecule has 0 bridgehead atoms. The van der Waals surface area contributed by atoms with Gasteiger partial charge in [0, 0.05) is 31.8 Å². The van der Waals surface area contributed by atoms with Crippen molar-refractivity contribution in [1.82, 2.24) is 4.31 Å². The Morgan fingerprint density at radius 2 is 1.74 bits per heavy atom. The highest BCUT2D eigenvalue weighted by atomic mass is 32.2. The van der Waals surface area contributed by atoms with E-state index in [2.05, 4.69) is 0 Å². The van der Waals surface area contributed by atoms with E-state index in [0.717, 1.165) is 4.90 Å². The number of ether oxygens (including phenoxy) is 1. The van der Waals surface area contributed by atoms with Crippen molar-refractivity contribution >= 4 is 33.4 Å². The molecule has 2 saturated heterocycles. The Kier molecular flexibility index (Phi) is 5.20. The standard InChI is InChI=1S/C17H21N3O6S/c1-26-13-3-2-12(20-15(21)4-5-16(20)22)10-14(13)27(24,25)19-8-6-11(7-9-19)17(18)23/h2-3,10-11H,4-9H2,1H3,(H2,18,23). The fourth-order valence-electron chi connectivity index (χ4n) is 3.39. The van der Waals surface area contributed by atoms with Crippen LogP contribution < -0.4 is 15.4 Å². The summed E-state index contributed by atoms with van der Waals surface area (Å²) in [5.41, 5.74) is 5.50. The molecule has 2 aliphatic rings. The molecule has 3 rings (SSSR count). The number of nitrogens with two attached hydrogens (primary N) is 1. The number of piperidine rings is 1. The lowest BCUT2D eigenvalue weighted by Gasteiger charge is -2.30. The number of hydrogen-bond donors (Lipinski definition) is 1. The normalized spacial score (nSPS) is 19.5. The van der Waals surface area contributed by atoms with Gasteiger partial charge in [-0.2, -0.15) is 4.31 Å². The van der Waals surface area contributed by atoms with E-state index in [1.54, 1.807) is 0 Å². The fourth-order valence-corrected chi connectivity index (χ4v) is 5.04. The van der Waals surface area contributed by atoms with Crippen LogP contribution in [0.3, 0.4) is 0 Å². The van der Waals surface area contributed by atoms with Gasteiger partial charge in [0.25, 0.3) is 0 Å². The molecular weight excluding hydrogens is 374 g/mol. The van der Waals surface area contributed by atoms with E-state index in [1.165, 1.54) is 29.6 Å². The average Bonchev–Trinajstić information content (AvgIpc) is 2.99. The third-order valence-electron chi connectivity index (χ3n) is 4.93. The molecule has 0 saturated carbocycles. The van der Waals surface area contributed by atoms with Crippen LogP contribution in [0, 0.1) is 5.92 Å². The number of hydrogen-bond acceptors (Lipinski definition) is 6. The van der Waals surface area contributed by atoms with Gasteiger partial charge in [0.15, 0.2) is 0 Å². The van der Waals surface area contributed by atoms with E-state index < -0.39 is 15.9 Å². The Labute approximate surface area is 157 Å². The summed E-state index contributed by atoms with van der Waals surface area (Å²) in [7, 11) is -2.59. The molecule has 0 unspecified atom stereocenters. The third kappa shape index (κ3) is 3.54. The molecule has 10 heteroatoms. The first kappa shape index (κ1) is 19.3. The molecule has 3 amide bonds. The lowest BCUT2D eigenvalue weighted by atomic mass is 9.98. The van der Waals surface area contributed by atoms with Gasteiger partial charge < -0.3 is 10.5 Å². The lowest BCUT2D eigenvalue weighted by molar-refractivity contribution is -0.123. The molecule has 0 aromatic heterocycles. The first-order chi connectivity index (χ1) is 12.8. The Hall–Kier alpha value is -2.46. The van der Waals surface area contributed by atoms with E-state index in [4.69, 9.17) is 10.5 Å². The van der Waals surface area contributed by atoms with Crippen LogP contribution in [0.1, 0.15) is 25.7 Å². The van der Waals surface area contributed by atoms with Crippen molar-refractivity contribution in [2.45, 2.75) is 30.6 Å². The van der Waals surface area contributed by atoms with Gasteiger partial charge in [-0.25, -0.2) is 8.42 Å². The third-order valence-corrected chi connectivity index (χ3v) is 6.85. The number of nitrogens with zero attached hydrogens (tertiary/aromatic N) is 2. The van der Waals surface area contributed by atoms with Crippen LogP contribution >= 0.6 is 0 Å². The molecule has 2 heterocycles.